The Bertz CT molecular complexity index is 345. The quantitative estimate of drug-likeness (QED) is 0.916. The SMILES string of the molecule is CCNCC1CCCN1c1ncncc1Br. The van der Waals surface area contributed by atoms with E-state index in [9.17, 15) is 0 Å². The van der Waals surface area contributed by atoms with Crippen molar-refractivity contribution in [3.05, 3.63) is 17.0 Å². The molecule has 5 heteroatoms. The van der Waals surface area contributed by atoms with Crippen LogP contribution in [0, 0.1) is 0 Å². The largest absolute Gasteiger partial charge is 0.351 e. The molecule has 16 heavy (non-hydrogen) atoms. The fourth-order valence-corrected chi connectivity index (χ4v) is 2.60. The maximum Gasteiger partial charge on any atom is 0.146 e. The van der Waals surface area contributed by atoms with E-state index >= 15 is 0 Å². The summed E-state index contributed by atoms with van der Waals surface area (Å²) in [6.07, 6.45) is 5.91. The monoisotopic (exact) mass is 284 g/mol. The maximum absolute atomic E-state index is 4.36. The molecule has 0 radical (unpaired) electrons. The summed E-state index contributed by atoms with van der Waals surface area (Å²) in [5, 5.41) is 3.41. The third-order valence-corrected chi connectivity index (χ3v) is 3.49. The minimum absolute atomic E-state index is 0.561. The number of aromatic nitrogens is 2. The Morgan fingerprint density at radius 2 is 2.50 bits per heavy atom. The van der Waals surface area contributed by atoms with Crippen molar-refractivity contribution in [3.63, 3.8) is 0 Å². The molecule has 1 aliphatic heterocycles. The topological polar surface area (TPSA) is 41.0 Å². The molecule has 1 saturated heterocycles. The zero-order chi connectivity index (χ0) is 11.4. The van der Waals surface area contributed by atoms with E-state index in [2.05, 4.69) is 43.0 Å². The van der Waals surface area contributed by atoms with Crippen molar-refractivity contribution >= 4 is 21.7 Å². The fraction of sp³-hybridized carbons (Fsp3) is 0.636. The molecule has 0 saturated carbocycles. The highest BCUT2D eigenvalue weighted by molar-refractivity contribution is 9.10. The summed E-state index contributed by atoms with van der Waals surface area (Å²) in [4.78, 5) is 10.7. The lowest BCUT2D eigenvalue weighted by molar-refractivity contribution is 0.584. The highest BCUT2D eigenvalue weighted by Crippen LogP contribution is 2.28. The molecule has 1 aromatic rings. The van der Waals surface area contributed by atoms with Gasteiger partial charge in [-0.25, -0.2) is 9.97 Å². The van der Waals surface area contributed by atoms with Gasteiger partial charge in [0.1, 0.15) is 12.1 Å². The van der Waals surface area contributed by atoms with Gasteiger partial charge < -0.3 is 10.2 Å². The van der Waals surface area contributed by atoms with E-state index in [0.717, 1.165) is 29.9 Å². The zero-order valence-electron chi connectivity index (χ0n) is 9.49. The van der Waals surface area contributed by atoms with Gasteiger partial charge in [0, 0.05) is 25.3 Å². The van der Waals surface area contributed by atoms with Crippen LogP contribution >= 0.6 is 15.9 Å². The van der Waals surface area contributed by atoms with Crippen molar-refractivity contribution in [1.29, 1.82) is 0 Å². The summed E-state index contributed by atoms with van der Waals surface area (Å²) >= 11 is 3.51. The van der Waals surface area contributed by atoms with Crippen LogP contribution in [0.2, 0.25) is 0 Å². The van der Waals surface area contributed by atoms with E-state index in [1.165, 1.54) is 12.8 Å². The minimum Gasteiger partial charge on any atom is -0.351 e. The first kappa shape index (κ1) is 11.8. The molecule has 0 aliphatic carbocycles. The molecule has 0 bridgehead atoms. The van der Waals surface area contributed by atoms with Crippen LogP contribution in [0.5, 0.6) is 0 Å². The molecular formula is C11H17BrN4. The van der Waals surface area contributed by atoms with Gasteiger partial charge in [0.25, 0.3) is 0 Å². The summed E-state index contributed by atoms with van der Waals surface area (Å²) < 4.78 is 0.985. The second-order valence-corrected chi connectivity index (χ2v) is 4.85. The number of halogens is 1. The number of rotatable bonds is 4. The summed E-state index contributed by atoms with van der Waals surface area (Å²) in [6, 6.07) is 0.561. The van der Waals surface area contributed by atoms with Crippen LogP contribution in [-0.2, 0) is 0 Å². The van der Waals surface area contributed by atoms with E-state index in [1.807, 2.05) is 6.20 Å². The molecule has 1 aliphatic rings. The summed E-state index contributed by atoms with van der Waals surface area (Å²) in [7, 11) is 0. The van der Waals surface area contributed by atoms with E-state index in [1.54, 1.807) is 6.33 Å². The molecule has 0 amide bonds. The highest BCUT2D eigenvalue weighted by Gasteiger charge is 2.26. The Hall–Kier alpha value is -0.680. The Morgan fingerprint density at radius 3 is 3.25 bits per heavy atom. The maximum atomic E-state index is 4.36. The van der Waals surface area contributed by atoms with Crippen molar-refractivity contribution in [2.75, 3.05) is 24.5 Å². The third-order valence-electron chi connectivity index (χ3n) is 2.93. The van der Waals surface area contributed by atoms with E-state index in [-0.39, 0.29) is 0 Å². The van der Waals surface area contributed by atoms with Gasteiger partial charge in [-0.3, -0.25) is 0 Å². The molecule has 1 N–H and O–H groups in total. The number of hydrogen-bond acceptors (Lipinski definition) is 4. The predicted octanol–water partition coefficient (Wildman–Crippen LogP) is 1.82. The van der Waals surface area contributed by atoms with Gasteiger partial charge in [-0.15, -0.1) is 0 Å². The van der Waals surface area contributed by atoms with E-state index < -0.39 is 0 Å². The molecular weight excluding hydrogens is 268 g/mol. The molecule has 0 spiro atoms. The highest BCUT2D eigenvalue weighted by atomic mass is 79.9. The van der Waals surface area contributed by atoms with Crippen molar-refractivity contribution in [3.8, 4) is 0 Å². The first-order valence-electron chi connectivity index (χ1n) is 5.75. The fourth-order valence-electron chi connectivity index (χ4n) is 2.16. The van der Waals surface area contributed by atoms with Crippen LogP contribution in [0.15, 0.2) is 17.0 Å². The summed E-state index contributed by atoms with van der Waals surface area (Å²) in [5.74, 6) is 1.02. The first-order valence-corrected chi connectivity index (χ1v) is 6.55. The molecule has 1 fully saturated rings. The molecule has 1 unspecified atom stereocenters. The second-order valence-electron chi connectivity index (χ2n) is 3.99. The number of nitrogens with one attached hydrogen (secondary N) is 1. The first-order chi connectivity index (χ1) is 7.83. The molecule has 1 aromatic heterocycles. The number of nitrogens with zero attached hydrogens (tertiary/aromatic N) is 3. The minimum atomic E-state index is 0.561. The predicted molar refractivity (Wildman–Crippen MR) is 68.6 cm³/mol. The molecule has 2 heterocycles. The van der Waals surface area contributed by atoms with Crippen molar-refractivity contribution < 1.29 is 0 Å². The van der Waals surface area contributed by atoms with Crippen LogP contribution < -0.4 is 10.2 Å². The van der Waals surface area contributed by atoms with Crippen LogP contribution in [0.25, 0.3) is 0 Å². The van der Waals surface area contributed by atoms with Crippen molar-refractivity contribution in [2.45, 2.75) is 25.8 Å². The standard InChI is InChI=1S/C11H17BrN4/c1-2-13-6-9-4-3-5-16(9)11-10(12)7-14-8-15-11/h7-9,13H,2-6H2,1H3. The third kappa shape index (κ3) is 2.52. The van der Waals surface area contributed by atoms with Crippen molar-refractivity contribution in [2.24, 2.45) is 0 Å². The number of anilines is 1. The van der Waals surface area contributed by atoms with E-state index in [4.69, 9.17) is 0 Å². The number of hydrogen-bond donors (Lipinski definition) is 1. The Kier molecular flexibility index (Phi) is 4.12. The van der Waals surface area contributed by atoms with Gasteiger partial charge in [-0.05, 0) is 35.3 Å². The molecule has 88 valence electrons. The zero-order valence-corrected chi connectivity index (χ0v) is 11.1. The Morgan fingerprint density at radius 1 is 1.62 bits per heavy atom. The Labute approximate surface area is 105 Å². The van der Waals surface area contributed by atoms with Crippen molar-refractivity contribution in [1.82, 2.24) is 15.3 Å². The van der Waals surface area contributed by atoms with Gasteiger partial charge in [-0.1, -0.05) is 6.92 Å². The molecule has 2 rings (SSSR count). The van der Waals surface area contributed by atoms with Crippen LogP contribution in [-0.4, -0.2) is 35.6 Å². The molecule has 0 aromatic carbocycles. The average molecular weight is 285 g/mol. The van der Waals surface area contributed by atoms with Crippen LogP contribution in [0.3, 0.4) is 0 Å². The Balaban J connectivity index is 2.10. The lowest BCUT2D eigenvalue weighted by Gasteiger charge is -2.26. The lowest BCUT2D eigenvalue weighted by Crippen LogP contribution is -2.38. The molecule has 4 nitrogen and oxygen atoms in total. The second kappa shape index (κ2) is 5.59. The summed E-state index contributed by atoms with van der Waals surface area (Å²) in [6.45, 7) is 5.29. The van der Waals surface area contributed by atoms with Crippen LogP contribution in [0.4, 0.5) is 5.82 Å². The van der Waals surface area contributed by atoms with Gasteiger partial charge in [0.05, 0.1) is 4.47 Å². The average Bonchev–Trinajstić information content (AvgIpc) is 2.75. The van der Waals surface area contributed by atoms with Gasteiger partial charge in [0.15, 0.2) is 0 Å². The molecule has 1 atom stereocenters. The summed E-state index contributed by atoms with van der Waals surface area (Å²) in [5.41, 5.74) is 0. The lowest BCUT2D eigenvalue weighted by atomic mass is 10.2. The van der Waals surface area contributed by atoms with E-state index in [0.29, 0.717) is 6.04 Å². The van der Waals surface area contributed by atoms with Gasteiger partial charge in [-0.2, -0.15) is 0 Å². The van der Waals surface area contributed by atoms with Crippen LogP contribution in [0.1, 0.15) is 19.8 Å². The normalized spacial score (nSPS) is 20.4. The number of likely N-dealkylation sites (N-methyl/N-ethyl adjacent to an activating group) is 1. The van der Waals surface area contributed by atoms with Gasteiger partial charge in [0.2, 0.25) is 0 Å². The smallest absolute Gasteiger partial charge is 0.146 e. The van der Waals surface area contributed by atoms with Gasteiger partial charge >= 0.3 is 0 Å².